The molecule has 0 aromatic rings. The van der Waals surface area contributed by atoms with E-state index in [1.165, 1.54) is 154 Å². The molecule has 61 heavy (non-hydrogen) atoms. The van der Waals surface area contributed by atoms with Crippen LogP contribution in [0.25, 0.3) is 0 Å². The third kappa shape index (κ3) is 34.5. The number of hydrogen-bond donors (Lipinski definition) is 6. The van der Waals surface area contributed by atoms with Gasteiger partial charge in [-0.2, -0.15) is 0 Å². The lowest BCUT2D eigenvalue weighted by atomic mass is 9.98. The van der Waals surface area contributed by atoms with Gasteiger partial charge in [0.25, 0.3) is 0 Å². The smallest absolute Gasteiger partial charge is 0.363 e. The molecule has 0 saturated carbocycles. The summed E-state index contributed by atoms with van der Waals surface area (Å²) in [7, 11) is 0. The monoisotopic (exact) mass is 866 g/mol. The number of amides is 2. The molecular weight excluding hydrogens is 761 g/mol. The number of carbonyl (C=O) groups is 3. The second-order valence-corrected chi connectivity index (χ2v) is 18.6. The summed E-state index contributed by atoms with van der Waals surface area (Å²) in [4.78, 5) is 40.7. The van der Waals surface area contributed by atoms with Crippen LogP contribution >= 0.6 is 0 Å². The molecule has 0 bridgehead atoms. The Hall–Kier alpha value is -1.59. The minimum Gasteiger partial charge on any atom is -0.477 e. The van der Waals surface area contributed by atoms with E-state index >= 15 is 4.79 Å². The SMILES string of the molecule is CCCCCCCCCCCCCCCCCC[N+](CCCCCCCCCCCCCCCCCC)(C(=O)[C@H](CCCNCCCN)NCCCN)[C@@H](CC(N)=O)C(=O)O. The van der Waals surface area contributed by atoms with Crippen molar-refractivity contribution < 1.29 is 24.0 Å². The fraction of sp³-hybridized carbons (Fsp3) is 0.941. The lowest BCUT2D eigenvalue weighted by Crippen LogP contribution is -2.68. The number of hydrogen-bond acceptors (Lipinski definition) is 7. The van der Waals surface area contributed by atoms with Crippen molar-refractivity contribution >= 4 is 17.8 Å². The molecule has 0 aliphatic carbocycles. The molecule has 9 N–H and O–H groups in total. The Balaban J connectivity index is 5.48. The molecule has 2 amide bonds. The third-order valence-corrected chi connectivity index (χ3v) is 13.0. The van der Waals surface area contributed by atoms with Gasteiger partial charge >= 0.3 is 11.9 Å². The van der Waals surface area contributed by atoms with Crippen LogP contribution in [0.5, 0.6) is 0 Å². The maximum Gasteiger partial charge on any atom is 0.363 e. The lowest BCUT2D eigenvalue weighted by molar-refractivity contribution is -0.872. The summed E-state index contributed by atoms with van der Waals surface area (Å²) in [5, 5.41) is 17.6. The second-order valence-electron chi connectivity index (χ2n) is 18.6. The average molecular weight is 866 g/mol. The highest BCUT2D eigenvalue weighted by Crippen LogP contribution is 2.26. The Morgan fingerprint density at radius 3 is 1.13 bits per heavy atom. The van der Waals surface area contributed by atoms with E-state index in [1.807, 2.05) is 0 Å². The number of carboxylic acids is 1. The summed E-state index contributed by atoms with van der Waals surface area (Å²) >= 11 is 0. The summed E-state index contributed by atoms with van der Waals surface area (Å²) in [6.07, 6.45) is 42.7. The maximum absolute atomic E-state index is 15.1. The molecule has 10 heteroatoms. The molecular formula is C51H105N6O4+. The molecule has 0 radical (unpaired) electrons. The zero-order valence-corrected chi connectivity index (χ0v) is 40.6. The van der Waals surface area contributed by atoms with E-state index < -0.39 is 24.0 Å². The van der Waals surface area contributed by atoms with Crippen LogP contribution in [0, 0.1) is 0 Å². The van der Waals surface area contributed by atoms with Gasteiger partial charge in [0.2, 0.25) is 11.9 Å². The van der Waals surface area contributed by atoms with Gasteiger partial charge in [0.05, 0.1) is 19.5 Å². The minimum absolute atomic E-state index is 0.102. The molecule has 0 rings (SSSR count). The first kappa shape index (κ1) is 59.4. The van der Waals surface area contributed by atoms with Crippen molar-refractivity contribution in [3.8, 4) is 0 Å². The van der Waals surface area contributed by atoms with Crippen LogP contribution in [-0.4, -0.2) is 85.3 Å². The zero-order valence-electron chi connectivity index (χ0n) is 40.6. The first-order chi connectivity index (χ1) is 29.8. The number of rotatable bonds is 50. The molecule has 0 aromatic carbocycles. The Bertz CT molecular complexity index is 949. The quantitative estimate of drug-likeness (QED) is 0.0259. The van der Waals surface area contributed by atoms with Crippen LogP contribution < -0.4 is 27.8 Å². The highest BCUT2D eigenvalue weighted by atomic mass is 16.4. The first-order valence-corrected chi connectivity index (χ1v) is 26.6. The molecule has 0 saturated heterocycles. The number of carbonyl (C=O) groups excluding carboxylic acids is 2. The molecule has 0 aliphatic heterocycles. The number of quaternary nitrogens is 1. The number of primary amides is 1. The van der Waals surface area contributed by atoms with Crippen molar-refractivity contribution in [2.45, 2.75) is 264 Å². The van der Waals surface area contributed by atoms with Gasteiger partial charge in [-0.25, -0.2) is 14.1 Å². The second kappa shape index (κ2) is 45.0. The van der Waals surface area contributed by atoms with Gasteiger partial charge in [0.1, 0.15) is 6.04 Å². The van der Waals surface area contributed by atoms with Gasteiger partial charge in [-0.1, -0.05) is 194 Å². The van der Waals surface area contributed by atoms with E-state index in [1.54, 1.807) is 0 Å². The Labute approximate surface area is 377 Å². The number of nitrogens with two attached hydrogens (primary N) is 3. The van der Waals surface area contributed by atoms with Gasteiger partial charge in [-0.15, -0.1) is 0 Å². The fourth-order valence-corrected chi connectivity index (χ4v) is 9.13. The van der Waals surface area contributed by atoms with E-state index in [-0.39, 0.29) is 16.8 Å². The summed E-state index contributed by atoms with van der Waals surface area (Å²) in [5.41, 5.74) is 17.3. The summed E-state index contributed by atoms with van der Waals surface area (Å²) in [5.74, 6) is -1.88. The molecule has 10 nitrogen and oxygen atoms in total. The number of nitrogens with one attached hydrogen (secondary N) is 2. The predicted molar refractivity (Wildman–Crippen MR) is 261 cm³/mol. The van der Waals surface area contributed by atoms with E-state index in [9.17, 15) is 14.7 Å². The predicted octanol–water partition coefficient (Wildman–Crippen LogP) is 11.2. The topological polar surface area (TPSA) is 174 Å². The molecule has 2 atom stereocenters. The van der Waals surface area contributed by atoms with E-state index in [0.717, 1.165) is 83.7 Å². The van der Waals surface area contributed by atoms with Gasteiger partial charge in [0.15, 0.2) is 0 Å². The highest BCUT2D eigenvalue weighted by molar-refractivity contribution is 5.85. The molecule has 0 aliphatic rings. The van der Waals surface area contributed by atoms with Crippen molar-refractivity contribution in [1.82, 2.24) is 10.6 Å². The summed E-state index contributed by atoms with van der Waals surface area (Å²) in [6, 6.07) is -1.72. The largest absolute Gasteiger partial charge is 0.477 e. The van der Waals surface area contributed by atoms with Crippen molar-refractivity contribution in [2.75, 3.05) is 45.8 Å². The molecule has 0 unspecified atom stereocenters. The first-order valence-electron chi connectivity index (χ1n) is 26.6. The van der Waals surface area contributed by atoms with Crippen molar-refractivity contribution in [3.05, 3.63) is 0 Å². The van der Waals surface area contributed by atoms with Crippen molar-refractivity contribution in [2.24, 2.45) is 17.2 Å². The standard InChI is InChI=1S/C51H104N6O4/c1-3-5-7-9-11-13-15-17-19-21-23-25-27-29-31-33-44-57(48(51(60)61)46-49(54)58,50(59)47(56-43-37-40-53)38-35-41-55-42-36-39-52)45-34-32-30-28-26-24-22-20-18-16-14-12-10-8-6-4-2/h47-48,55-56H,3-46,52-53H2,1-2H3,(H2-,54,58,60,61)/p+1/t47-,48-/m0/s1. The highest BCUT2D eigenvalue weighted by Gasteiger charge is 2.50. The summed E-state index contributed by atoms with van der Waals surface area (Å²) in [6.45, 7) is 8.69. The van der Waals surface area contributed by atoms with E-state index in [0.29, 0.717) is 39.1 Å². The Kier molecular flexibility index (Phi) is 43.8. The van der Waals surface area contributed by atoms with Crippen LogP contribution in [0.1, 0.15) is 251 Å². The van der Waals surface area contributed by atoms with Gasteiger partial charge in [0, 0.05) is 0 Å². The zero-order chi connectivity index (χ0) is 44.9. The summed E-state index contributed by atoms with van der Waals surface area (Å²) < 4.78 is -0.212. The Morgan fingerprint density at radius 2 is 0.803 bits per heavy atom. The van der Waals surface area contributed by atoms with Gasteiger partial charge in [-0.05, 0) is 84.1 Å². The molecule has 0 heterocycles. The molecule has 0 spiro atoms. The maximum atomic E-state index is 15.1. The van der Waals surface area contributed by atoms with Crippen LogP contribution in [-0.2, 0) is 14.4 Å². The Morgan fingerprint density at radius 1 is 0.475 bits per heavy atom. The molecule has 0 aromatic heterocycles. The van der Waals surface area contributed by atoms with Crippen LogP contribution in [0.4, 0.5) is 0 Å². The van der Waals surface area contributed by atoms with Crippen molar-refractivity contribution in [3.63, 3.8) is 0 Å². The molecule has 0 fully saturated rings. The van der Waals surface area contributed by atoms with E-state index in [4.69, 9.17) is 17.2 Å². The normalized spacial score (nSPS) is 12.9. The van der Waals surface area contributed by atoms with Crippen molar-refractivity contribution in [1.29, 1.82) is 0 Å². The third-order valence-electron chi connectivity index (χ3n) is 13.0. The van der Waals surface area contributed by atoms with E-state index in [2.05, 4.69) is 24.5 Å². The fourth-order valence-electron chi connectivity index (χ4n) is 9.13. The van der Waals surface area contributed by atoms with Gasteiger partial charge in [-0.3, -0.25) is 4.79 Å². The number of nitrogens with zero attached hydrogens (tertiary/aromatic N) is 1. The lowest BCUT2D eigenvalue weighted by Gasteiger charge is -2.42. The number of unbranched alkanes of at least 4 members (excludes halogenated alkanes) is 30. The average Bonchev–Trinajstić information content (AvgIpc) is 3.24. The van der Waals surface area contributed by atoms with Crippen LogP contribution in [0.2, 0.25) is 0 Å². The number of aliphatic carboxylic acids is 1. The molecule has 362 valence electrons. The van der Waals surface area contributed by atoms with Crippen LogP contribution in [0.3, 0.4) is 0 Å². The number of carboxylic acid groups (broad SMARTS) is 1. The minimum atomic E-state index is -1.20. The van der Waals surface area contributed by atoms with Crippen LogP contribution in [0.15, 0.2) is 0 Å². The van der Waals surface area contributed by atoms with Gasteiger partial charge < -0.3 is 32.9 Å².